The molecule has 0 aromatic heterocycles. The van der Waals surface area contributed by atoms with Crippen molar-refractivity contribution in [3.05, 3.63) is 28.8 Å². The van der Waals surface area contributed by atoms with Gasteiger partial charge >= 0.3 is 0 Å². The maximum Gasteiger partial charge on any atom is 0.238 e. The van der Waals surface area contributed by atoms with Crippen LogP contribution in [0.3, 0.4) is 0 Å². The van der Waals surface area contributed by atoms with Gasteiger partial charge in [0.25, 0.3) is 0 Å². The molecule has 1 heterocycles. The Labute approximate surface area is 141 Å². The quantitative estimate of drug-likeness (QED) is 0.839. The van der Waals surface area contributed by atoms with Gasteiger partial charge in [-0.1, -0.05) is 11.6 Å². The minimum Gasteiger partial charge on any atom is -0.339 e. The van der Waals surface area contributed by atoms with Crippen LogP contribution in [0.15, 0.2) is 18.2 Å². The maximum atomic E-state index is 12.2. The number of aryl methyl sites for hydroxylation is 1. The molecule has 0 spiro atoms. The average Bonchev–Trinajstić information content (AvgIpc) is 2.50. The molecule has 1 fully saturated rings. The first-order valence-electron chi connectivity index (χ1n) is 7.69. The van der Waals surface area contributed by atoms with Crippen LogP contribution in [0, 0.1) is 6.92 Å². The Kier molecular flexibility index (Phi) is 6.38. The zero-order chi connectivity index (χ0) is 16.8. The van der Waals surface area contributed by atoms with E-state index in [0.29, 0.717) is 5.02 Å². The number of amides is 2. The summed E-state index contributed by atoms with van der Waals surface area (Å²) in [6, 6.07) is 5.32. The van der Waals surface area contributed by atoms with Crippen LogP contribution in [-0.4, -0.2) is 67.9 Å². The fraction of sp³-hybridized carbons (Fsp3) is 0.500. The van der Waals surface area contributed by atoms with Crippen LogP contribution in [0.25, 0.3) is 0 Å². The Morgan fingerprint density at radius 1 is 1.30 bits per heavy atom. The topological polar surface area (TPSA) is 64.7 Å². The molecule has 2 rings (SSSR count). The van der Waals surface area contributed by atoms with Gasteiger partial charge < -0.3 is 15.5 Å². The summed E-state index contributed by atoms with van der Waals surface area (Å²) in [6.45, 7) is 5.40. The van der Waals surface area contributed by atoms with E-state index in [0.717, 1.165) is 37.4 Å². The van der Waals surface area contributed by atoms with Gasteiger partial charge in [0.05, 0.1) is 13.1 Å². The van der Waals surface area contributed by atoms with E-state index in [9.17, 15) is 9.59 Å². The molecule has 0 aliphatic carbocycles. The van der Waals surface area contributed by atoms with Crippen LogP contribution in [-0.2, 0) is 9.59 Å². The normalized spacial score (nSPS) is 14.9. The monoisotopic (exact) mass is 338 g/mol. The first kappa shape index (κ1) is 17.7. The Balaban J connectivity index is 1.81. The molecule has 1 saturated heterocycles. The van der Waals surface area contributed by atoms with Crippen molar-refractivity contribution in [2.75, 3.05) is 51.6 Å². The fourth-order valence-corrected chi connectivity index (χ4v) is 2.73. The third-order valence-electron chi connectivity index (χ3n) is 3.75. The van der Waals surface area contributed by atoms with Crippen LogP contribution in [0.4, 0.5) is 5.69 Å². The third-order valence-corrected chi connectivity index (χ3v) is 3.99. The molecule has 0 unspecified atom stereocenters. The largest absolute Gasteiger partial charge is 0.339 e. The number of carbonyl (C=O) groups excluding carboxylic acids is 2. The highest BCUT2D eigenvalue weighted by Crippen LogP contribution is 2.19. The first-order valence-corrected chi connectivity index (χ1v) is 8.06. The molecule has 0 radical (unpaired) electrons. The van der Waals surface area contributed by atoms with E-state index in [4.69, 9.17) is 11.6 Å². The average molecular weight is 339 g/mol. The number of benzene rings is 1. The van der Waals surface area contributed by atoms with E-state index in [2.05, 4.69) is 10.6 Å². The van der Waals surface area contributed by atoms with Gasteiger partial charge in [-0.3, -0.25) is 14.5 Å². The second kappa shape index (κ2) is 8.29. The van der Waals surface area contributed by atoms with Gasteiger partial charge in [-0.05, 0) is 37.7 Å². The summed E-state index contributed by atoms with van der Waals surface area (Å²) in [5, 5.41) is 6.70. The van der Waals surface area contributed by atoms with Gasteiger partial charge in [0, 0.05) is 36.9 Å². The minimum absolute atomic E-state index is 0.0597. The van der Waals surface area contributed by atoms with E-state index in [1.54, 1.807) is 30.1 Å². The highest BCUT2D eigenvalue weighted by atomic mass is 35.5. The predicted molar refractivity (Wildman–Crippen MR) is 91.8 cm³/mol. The van der Waals surface area contributed by atoms with Gasteiger partial charge in [-0.15, -0.1) is 0 Å². The van der Waals surface area contributed by atoms with Crippen molar-refractivity contribution in [1.82, 2.24) is 15.1 Å². The standard InChI is InChI=1S/C16H23ClN4O2/c1-12-9-13(17)3-4-14(12)19-15(22)10-20(2)11-16(23)21-7-5-18-6-8-21/h3-4,9,18H,5-8,10-11H2,1-2H3,(H,19,22). The van der Waals surface area contributed by atoms with Crippen molar-refractivity contribution in [2.24, 2.45) is 0 Å². The summed E-state index contributed by atoms with van der Waals surface area (Å²) >= 11 is 5.90. The molecule has 23 heavy (non-hydrogen) atoms. The van der Waals surface area contributed by atoms with Crippen molar-refractivity contribution < 1.29 is 9.59 Å². The number of likely N-dealkylation sites (N-methyl/N-ethyl adjacent to an activating group) is 1. The maximum absolute atomic E-state index is 12.2. The number of nitrogens with one attached hydrogen (secondary N) is 2. The van der Waals surface area contributed by atoms with E-state index < -0.39 is 0 Å². The van der Waals surface area contributed by atoms with Crippen molar-refractivity contribution >= 4 is 29.1 Å². The molecule has 1 aromatic carbocycles. The highest BCUT2D eigenvalue weighted by Gasteiger charge is 2.18. The Hall–Kier alpha value is -1.63. The smallest absolute Gasteiger partial charge is 0.238 e. The van der Waals surface area contributed by atoms with E-state index in [-0.39, 0.29) is 24.9 Å². The summed E-state index contributed by atoms with van der Waals surface area (Å²) in [5.41, 5.74) is 1.65. The van der Waals surface area contributed by atoms with Crippen LogP contribution in [0.1, 0.15) is 5.56 Å². The SMILES string of the molecule is Cc1cc(Cl)ccc1NC(=O)CN(C)CC(=O)N1CCNCC1. The fourth-order valence-electron chi connectivity index (χ4n) is 2.50. The van der Waals surface area contributed by atoms with E-state index >= 15 is 0 Å². The summed E-state index contributed by atoms with van der Waals surface area (Å²) in [6.07, 6.45) is 0. The van der Waals surface area contributed by atoms with Crippen molar-refractivity contribution in [2.45, 2.75) is 6.92 Å². The zero-order valence-electron chi connectivity index (χ0n) is 13.6. The lowest BCUT2D eigenvalue weighted by atomic mass is 10.2. The second-order valence-corrected chi connectivity index (χ2v) is 6.25. The van der Waals surface area contributed by atoms with Gasteiger partial charge in [0.1, 0.15) is 0 Å². The molecular weight excluding hydrogens is 316 g/mol. The number of halogens is 1. The summed E-state index contributed by atoms with van der Waals surface area (Å²) in [7, 11) is 1.77. The van der Waals surface area contributed by atoms with Gasteiger partial charge in [0.2, 0.25) is 11.8 Å². The number of nitrogens with zero attached hydrogens (tertiary/aromatic N) is 2. The van der Waals surface area contributed by atoms with Crippen molar-refractivity contribution in [1.29, 1.82) is 0 Å². The van der Waals surface area contributed by atoms with Gasteiger partial charge in [-0.25, -0.2) is 0 Å². The molecule has 1 aromatic rings. The van der Waals surface area contributed by atoms with Crippen LogP contribution >= 0.6 is 11.6 Å². The lowest BCUT2D eigenvalue weighted by Crippen LogP contribution is -2.49. The highest BCUT2D eigenvalue weighted by molar-refractivity contribution is 6.30. The molecule has 6 nitrogen and oxygen atoms in total. The number of anilines is 1. The van der Waals surface area contributed by atoms with Crippen molar-refractivity contribution in [3.63, 3.8) is 0 Å². The van der Waals surface area contributed by atoms with Crippen LogP contribution in [0.5, 0.6) is 0 Å². The molecule has 126 valence electrons. The molecule has 0 atom stereocenters. The third kappa shape index (κ3) is 5.49. The summed E-state index contributed by atoms with van der Waals surface area (Å²) in [5.74, 6) is -0.0875. The number of rotatable bonds is 5. The van der Waals surface area contributed by atoms with Gasteiger partial charge in [-0.2, -0.15) is 0 Å². The van der Waals surface area contributed by atoms with Crippen LogP contribution < -0.4 is 10.6 Å². The second-order valence-electron chi connectivity index (χ2n) is 5.81. The minimum atomic E-state index is -0.147. The zero-order valence-corrected chi connectivity index (χ0v) is 14.3. The van der Waals surface area contributed by atoms with Gasteiger partial charge in [0.15, 0.2) is 0 Å². The van der Waals surface area contributed by atoms with Crippen LogP contribution in [0.2, 0.25) is 5.02 Å². The summed E-state index contributed by atoms with van der Waals surface area (Å²) < 4.78 is 0. The number of carbonyl (C=O) groups is 2. The molecule has 2 N–H and O–H groups in total. The molecule has 0 saturated carbocycles. The molecule has 0 bridgehead atoms. The number of hydrogen-bond acceptors (Lipinski definition) is 4. The lowest BCUT2D eigenvalue weighted by molar-refractivity contribution is -0.133. The number of hydrogen-bond donors (Lipinski definition) is 2. The van der Waals surface area contributed by atoms with E-state index in [1.165, 1.54) is 0 Å². The molecule has 1 aliphatic rings. The Morgan fingerprint density at radius 2 is 2.00 bits per heavy atom. The number of piperazine rings is 1. The summed E-state index contributed by atoms with van der Waals surface area (Å²) in [4.78, 5) is 27.8. The molecule has 1 aliphatic heterocycles. The molecule has 7 heteroatoms. The van der Waals surface area contributed by atoms with Crippen molar-refractivity contribution in [3.8, 4) is 0 Å². The molecule has 2 amide bonds. The molecular formula is C16H23ClN4O2. The Morgan fingerprint density at radius 3 is 2.65 bits per heavy atom. The Bertz CT molecular complexity index is 573. The lowest BCUT2D eigenvalue weighted by Gasteiger charge is -2.29. The predicted octanol–water partition coefficient (Wildman–Crippen LogP) is 0.951. The van der Waals surface area contributed by atoms with E-state index in [1.807, 2.05) is 11.8 Å². The first-order chi connectivity index (χ1) is 11.0.